The molecule has 3 aromatic rings. The third kappa shape index (κ3) is 3.31. The van der Waals surface area contributed by atoms with Gasteiger partial charge in [-0.25, -0.2) is 9.67 Å². The predicted octanol–water partition coefficient (Wildman–Crippen LogP) is 2.68. The van der Waals surface area contributed by atoms with Gasteiger partial charge in [-0.1, -0.05) is 11.6 Å². The molecule has 0 radical (unpaired) electrons. The number of nitrogens with zero attached hydrogens (tertiary/aromatic N) is 4. The highest BCUT2D eigenvalue weighted by Crippen LogP contribution is 2.33. The summed E-state index contributed by atoms with van der Waals surface area (Å²) in [5.41, 5.74) is 8.01. The van der Waals surface area contributed by atoms with Crippen LogP contribution in [0.15, 0.2) is 36.5 Å². The topological polar surface area (TPSA) is 86.3 Å². The second kappa shape index (κ2) is 7.77. The predicted molar refractivity (Wildman–Crippen MR) is 108 cm³/mol. The van der Waals surface area contributed by atoms with Crippen molar-refractivity contribution < 1.29 is 9.53 Å². The number of halogens is 1. The zero-order valence-electron chi connectivity index (χ0n) is 15.6. The van der Waals surface area contributed by atoms with Crippen molar-refractivity contribution in [3.63, 3.8) is 0 Å². The molecule has 1 aliphatic rings. The Hall–Kier alpha value is -2.64. The smallest absolute Gasteiger partial charge is 0.257 e. The fraction of sp³-hybridized carbons (Fsp3) is 0.350. The number of aromatic nitrogens is 3. The average Bonchev–Trinajstić information content (AvgIpc) is 3.33. The lowest BCUT2D eigenvalue weighted by Gasteiger charge is -2.18. The van der Waals surface area contributed by atoms with Crippen LogP contribution in [0.2, 0.25) is 5.02 Å². The van der Waals surface area contributed by atoms with E-state index < -0.39 is 0 Å². The van der Waals surface area contributed by atoms with Gasteiger partial charge in [0.25, 0.3) is 5.91 Å². The molecule has 0 unspecified atom stereocenters. The van der Waals surface area contributed by atoms with Gasteiger partial charge in [0.15, 0.2) is 5.65 Å². The van der Waals surface area contributed by atoms with E-state index in [0.717, 1.165) is 23.1 Å². The van der Waals surface area contributed by atoms with E-state index in [1.54, 1.807) is 31.5 Å². The first-order valence-corrected chi connectivity index (χ1v) is 9.64. The van der Waals surface area contributed by atoms with Crippen LogP contribution in [0.1, 0.15) is 28.4 Å². The molecule has 1 aromatic carbocycles. The molecule has 0 saturated carbocycles. The summed E-state index contributed by atoms with van der Waals surface area (Å²) in [6, 6.07) is 9.03. The minimum atomic E-state index is -0.0781. The number of amides is 1. The third-order valence-corrected chi connectivity index (χ3v) is 5.37. The van der Waals surface area contributed by atoms with Gasteiger partial charge in [0, 0.05) is 42.2 Å². The fourth-order valence-electron chi connectivity index (χ4n) is 3.80. The van der Waals surface area contributed by atoms with E-state index in [0.29, 0.717) is 42.5 Å². The van der Waals surface area contributed by atoms with E-state index in [1.807, 2.05) is 21.7 Å². The minimum absolute atomic E-state index is 0.0781. The quantitative estimate of drug-likeness (QED) is 0.712. The molecule has 0 aliphatic carbocycles. The maximum Gasteiger partial charge on any atom is 0.257 e. The molecule has 0 spiro atoms. The average molecular weight is 400 g/mol. The van der Waals surface area contributed by atoms with E-state index in [4.69, 9.17) is 27.2 Å². The molecular formula is C20H22ClN5O2. The largest absolute Gasteiger partial charge is 0.496 e. The molecular weight excluding hydrogens is 378 g/mol. The number of benzene rings is 1. The van der Waals surface area contributed by atoms with Gasteiger partial charge in [0.2, 0.25) is 0 Å². The Morgan fingerprint density at radius 1 is 1.39 bits per heavy atom. The second-order valence-electron chi connectivity index (χ2n) is 6.85. The molecule has 2 aromatic heterocycles. The van der Waals surface area contributed by atoms with E-state index in [2.05, 4.69) is 4.98 Å². The zero-order chi connectivity index (χ0) is 19.7. The summed E-state index contributed by atoms with van der Waals surface area (Å²) in [6.45, 7) is 2.36. The maximum atomic E-state index is 13.1. The highest BCUT2D eigenvalue weighted by molar-refractivity contribution is 6.31. The van der Waals surface area contributed by atoms with Crippen LogP contribution in [0.5, 0.6) is 5.75 Å². The molecule has 1 aliphatic heterocycles. The molecule has 146 valence electrons. The fourth-order valence-corrected chi connectivity index (χ4v) is 3.97. The van der Waals surface area contributed by atoms with Gasteiger partial charge < -0.3 is 15.4 Å². The highest BCUT2D eigenvalue weighted by Gasteiger charge is 2.32. The molecule has 2 N–H and O–H groups in total. The lowest BCUT2D eigenvalue weighted by Crippen LogP contribution is -2.29. The molecule has 8 heteroatoms. The number of nitrogens with two attached hydrogens (primary N) is 1. The van der Waals surface area contributed by atoms with Crippen molar-refractivity contribution in [2.24, 2.45) is 5.73 Å². The van der Waals surface area contributed by atoms with Gasteiger partial charge in [-0.05, 0) is 36.8 Å². The summed E-state index contributed by atoms with van der Waals surface area (Å²) in [4.78, 5) is 19.4. The van der Waals surface area contributed by atoms with Crippen molar-refractivity contribution in [2.45, 2.75) is 18.9 Å². The second-order valence-corrected chi connectivity index (χ2v) is 7.29. The van der Waals surface area contributed by atoms with Crippen molar-refractivity contribution >= 4 is 28.5 Å². The Labute approximate surface area is 168 Å². The van der Waals surface area contributed by atoms with Gasteiger partial charge in [0.05, 0.1) is 24.9 Å². The van der Waals surface area contributed by atoms with E-state index >= 15 is 0 Å². The summed E-state index contributed by atoms with van der Waals surface area (Å²) >= 11 is 6.09. The summed E-state index contributed by atoms with van der Waals surface area (Å²) in [5, 5.41) is 6.30. The van der Waals surface area contributed by atoms with Crippen molar-refractivity contribution in [1.29, 1.82) is 0 Å². The molecule has 1 atom stereocenters. The van der Waals surface area contributed by atoms with Gasteiger partial charge in [-0.3, -0.25) is 4.79 Å². The standard InChI is InChI=1S/C20H22ClN5O2/c1-28-17-5-4-14(21)11-16(17)20(27)25-9-6-13(12-25)18-15-3-2-8-23-19(15)26(24-18)10-7-22/h2-5,8,11,13H,6-7,9-10,12,22H2,1H3/t13-/m0/s1. The van der Waals surface area contributed by atoms with Crippen LogP contribution in [0, 0.1) is 0 Å². The molecule has 1 amide bonds. The molecule has 1 fully saturated rings. The molecule has 4 rings (SSSR count). The Balaban J connectivity index is 1.61. The van der Waals surface area contributed by atoms with Crippen LogP contribution >= 0.6 is 11.6 Å². The first-order chi connectivity index (χ1) is 13.6. The molecule has 1 saturated heterocycles. The van der Waals surface area contributed by atoms with Crippen molar-refractivity contribution in [3.05, 3.63) is 52.8 Å². The number of fused-ring (bicyclic) bond motifs is 1. The number of hydrogen-bond donors (Lipinski definition) is 1. The number of methoxy groups -OCH3 is 1. The Kier molecular flexibility index (Phi) is 5.19. The first-order valence-electron chi connectivity index (χ1n) is 9.26. The number of likely N-dealkylation sites (tertiary alicyclic amines) is 1. The molecule has 0 bridgehead atoms. The number of ether oxygens (including phenoxy) is 1. The summed E-state index contributed by atoms with van der Waals surface area (Å²) in [5.74, 6) is 0.602. The van der Waals surface area contributed by atoms with Crippen molar-refractivity contribution in [3.8, 4) is 5.75 Å². The van der Waals surface area contributed by atoms with E-state index in [1.165, 1.54) is 0 Å². The summed E-state index contributed by atoms with van der Waals surface area (Å²) in [6.07, 6.45) is 2.61. The van der Waals surface area contributed by atoms with Crippen LogP contribution < -0.4 is 10.5 Å². The first kappa shape index (κ1) is 18.7. The van der Waals surface area contributed by atoms with Crippen molar-refractivity contribution in [1.82, 2.24) is 19.7 Å². The summed E-state index contributed by atoms with van der Waals surface area (Å²) in [7, 11) is 1.55. The van der Waals surface area contributed by atoms with E-state index in [-0.39, 0.29) is 11.8 Å². The lowest BCUT2D eigenvalue weighted by atomic mass is 10.0. The van der Waals surface area contributed by atoms with Gasteiger partial charge >= 0.3 is 0 Å². The molecule has 3 heterocycles. The number of pyridine rings is 1. The van der Waals surface area contributed by atoms with Gasteiger partial charge in [0.1, 0.15) is 5.75 Å². The minimum Gasteiger partial charge on any atom is -0.496 e. The monoisotopic (exact) mass is 399 g/mol. The van der Waals surface area contributed by atoms with Gasteiger partial charge in [-0.15, -0.1) is 0 Å². The van der Waals surface area contributed by atoms with Crippen LogP contribution in [0.25, 0.3) is 11.0 Å². The van der Waals surface area contributed by atoms with Crippen LogP contribution in [0.4, 0.5) is 0 Å². The Morgan fingerprint density at radius 2 is 2.25 bits per heavy atom. The highest BCUT2D eigenvalue weighted by atomic mass is 35.5. The number of carbonyl (C=O) groups excluding carboxylic acids is 1. The lowest BCUT2D eigenvalue weighted by molar-refractivity contribution is 0.0787. The molecule has 7 nitrogen and oxygen atoms in total. The zero-order valence-corrected chi connectivity index (χ0v) is 16.4. The van der Waals surface area contributed by atoms with Crippen LogP contribution in [0.3, 0.4) is 0 Å². The van der Waals surface area contributed by atoms with Crippen LogP contribution in [-0.4, -0.2) is 52.3 Å². The number of hydrogen-bond acceptors (Lipinski definition) is 5. The summed E-state index contributed by atoms with van der Waals surface area (Å²) < 4.78 is 7.19. The van der Waals surface area contributed by atoms with E-state index in [9.17, 15) is 4.79 Å². The van der Waals surface area contributed by atoms with Gasteiger partial charge in [-0.2, -0.15) is 5.10 Å². The number of rotatable bonds is 5. The Morgan fingerprint density at radius 3 is 3.04 bits per heavy atom. The molecule has 28 heavy (non-hydrogen) atoms. The number of carbonyl (C=O) groups is 1. The van der Waals surface area contributed by atoms with Crippen molar-refractivity contribution in [2.75, 3.05) is 26.7 Å². The SMILES string of the molecule is COc1ccc(Cl)cc1C(=O)N1CC[C@H](c2nn(CCN)c3ncccc23)C1. The van der Waals surface area contributed by atoms with Crippen LogP contribution in [-0.2, 0) is 6.54 Å². The Bertz CT molecular complexity index is 1020. The maximum absolute atomic E-state index is 13.1. The normalized spacial score (nSPS) is 16.7. The third-order valence-electron chi connectivity index (χ3n) is 5.13.